The topological polar surface area (TPSA) is 123 Å². The van der Waals surface area contributed by atoms with Crippen molar-refractivity contribution in [3.05, 3.63) is 24.2 Å². The van der Waals surface area contributed by atoms with Gasteiger partial charge in [0.2, 0.25) is 5.13 Å². The molecule has 0 saturated heterocycles. The molecule has 2 aromatic rings. The number of halogens is 3. The van der Waals surface area contributed by atoms with Crippen LogP contribution in [0.3, 0.4) is 0 Å². The fourth-order valence-electron chi connectivity index (χ4n) is 1.65. The Bertz CT molecular complexity index is 780. The van der Waals surface area contributed by atoms with E-state index >= 15 is 0 Å². The second-order valence-corrected chi connectivity index (χ2v) is 6.95. The van der Waals surface area contributed by atoms with Crippen molar-refractivity contribution in [2.75, 3.05) is 23.1 Å². The van der Waals surface area contributed by atoms with Crippen LogP contribution in [0, 0.1) is 0 Å². The van der Waals surface area contributed by atoms with Crippen LogP contribution in [0.25, 0.3) is 0 Å². The minimum atomic E-state index is -4.77. The summed E-state index contributed by atoms with van der Waals surface area (Å²) < 4.78 is 69.4. The molecule has 2 aromatic heterocycles. The number of aromatic nitrogens is 3. The van der Waals surface area contributed by atoms with Crippen molar-refractivity contribution in [1.82, 2.24) is 14.3 Å². The Hall–Kier alpha value is -1.99. The number of pyridine rings is 1. The van der Waals surface area contributed by atoms with Gasteiger partial charge in [0, 0.05) is 24.3 Å². The summed E-state index contributed by atoms with van der Waals surface area (Å²) >= 11 is 0.753. The first-order chi connectivity index (χ1) is 11.2. The highest BCUT2D eigenvalue weighted by Crippen LogP contribution is 2.35. The van der Waals surface area contributed by atoms with E-state index in [1.54, 1.807) is 0 Å². The van der Waals surface area contributed by atoms with Gasteiger partial charge in [0.1, 0.15) is 17.0 Å². The average Bonchev–Trinajstić information content (AvgIpc) is 2.98. The third-order valence-corrected chi connectivity index (χ3v) is 4.75. The van der Waals surface area contributed by atoms with E-state index in [0.717, 1.165) is 24.1 Å². The second kappa shape index (κ2) is 7.27. The van der Waals surface area contributed by atoms with Gasteiger partial charge in [0.05, 0.1) is 5.56 Å². The van der Waals surface area contributed by atoms with E-state index in [0.29, 0.717) is 19.0 Å². The first-order valence-corrected chi connectivity index (χ1v) is 8.80. The summed E-state index contributed by atoms with van der Waals surface area (Å²) in [5.74, 6) is -0.453. The van der Waals surface area contributed by atoms with Crippen LogP contribution in [0.2, 0.25) is 0 Å². The Morgan fingerprint density at radius 2 is 2.04 bits per heavy atom. The van der Waals surface area contributed by atoms with E-state index in [9.17, 15) is 21.6 Å². The molecule has 8 nitrogen and oxygen atoms in total. The average molecular weight is 382 g/mol. The Morgan fingerprint density at radius 3 is 2.62 bits per heavy atom. The van der Waals surface area contributed by atoms with Gasteiger partial charge in [0.15, 0.2) is 0 Å². The lowest BCUT2D eigenvalue weighted by Gasteiger charge is -2.15. The molecule has 0 amide bonds. The molecule has 0 fully saturated rings. The molecule has 0 spiro atoms. The maximum Gasteiger partial charge on any atom is 0.419 e. The summed E-state index contributed by atoms with van der Waals surface area (Å²) in [5.41, 5.74) is 4.10. The first kappa shape index (κ1) is 18.4. The molecular formula is C11H13F3N6O2S2. The van der Waals surface area contributed by atoms with E-state index in [1.807, 2.05) is 4.72 Å². The van der Waals surface area contributed by atoms with Gasteiger partial charge < -0.3 is 11.1 Å². The molecule has 2 rings (SSSR count). The first-order valence-electron chi connectivity index (χ1n) is 6.54. The van der Waals surface area contributed by atoms with Gasteiger partial charge in [-0.05, 0) is 19.0 Å². The van der Waals surface area contributed by atoms with Crippen molar-refractivity contribution in [1.29, 1.82) is 0 Å². The van der Waals surface area contributed by atoms with E-state index in [-0.39, 0.29) is 11.7 Å². The number of nitrogens with zero attached hydrogens (tertiary/aromatic N) is 3. The largest absolute Gasteiger partial charge is 0.419 e. The summed E-state index contributed by atoms with van der Waals surface area (Å²) in [5, 5.41) is 2.44. The number of hydrogen-bond acceptors (Lipinski definition) is 8. The highest BCUT2D eigenvalue weighted by atomic mass is 32.2. The van der Waals surface area contributed by atoms with Crippen molar-refractivity contribution in [2.45, 2.75) is 17.5 Å². The summed E-state index contributed by atoms with van der Waals surface area (Å²) in [7, 11) is -4.26. The Kier molecular flexibility index (Phi) is 5.56. The zero-order chi connectivity index (χ0) is 17.8. The molecule has 0 aliphatic carbocycles. The summed E-state index contributed by atoms with van der Waals surface area (Å²) in [4.78, 5) is 6.57. The molecule has 0 atom stereocenters. The molecule has 0 unspecified atom stereocenters. The standard InChI is InChI=1S/C11H13F3N6O2S2/c12-11(13,14)8-4-7(5-17-9(8)16-3-1-2-15)24(21,22)20-10-18-6-19-23-10/h4-6H,1-3,15H2,(H,16,17)(H,18,19,20). The minimum Gasteiger partial charge on any atom is -0.370 e. The van der Waals surface area contributed by atoms with Crippen LogP contribution in [0.5, 0.6) is 0 Å². The minimum absolute atomic E-state index is 0.0614. The van der Waals surface area contributed by atoms with Crippen LogP contribution in [-0.2, 0) is 16.2 Å². The van der Waals surface area contributed by atoms with E-state index < -0.39 is 32.5 Å². The van der Waals surface area contributed by atoms with Gasteiger partial charge in [-0.1, -0.05) is 0 Å². The molecule has 0 aliphatic heterocycles. The highest BCUT2D eigenvalue weighted by Gasteiger charge is 2.36. The van der Waals surface area contributed by atoms with Gasteiger partial charge in [-0.25, -0.2) is 18.4 Å². The van der Waals surface area contributed by atoms with Gasteiger partial charge >= 0.3 is 6.18 Å². The Balaban J connectivity index is 2.34. The second-order valence-electron chi connectivity index (χ2n) is 4.49. The van der Waals surface area contributed by atoms with Crippen LogP contribution >= 0.6 is 11.5 Å². The van der Waals surface area contributed by atoms with Crippen LogP contribution in [-0.4, -0.2) is 35.8 Å². The summed E-state index contributed by atoms with van der Waals surface area (Å²) in [6, 6.07) is 0.515. The summed E-state index contributed by atoms with van der Waals surface area (Å²) in [6.07, 6.45) is -2.38. The lowest BCUT2D eigenvalue weighted by Crippen LogP contribution is -2.18. The highest BCUT2D eigenvalue weighted by molar-refractivity contribution is 7.93. The SMILES string of the molecule is NCCCNc1ncc(S(=O)(=O)Nc2ncns2)cc1C(F)(F)F. The van der Waals surface area contributed by atoms with Crippen molar-refractivity contribution in [3.63, 3.8) is 0 Å². The number of anilines is 2. The number of nitrogens with two attached hydrogens (primary N) is 1. The maximum atomic E-state index is 13.2. The molecule has 0 saturated carbocycles. The number of hydrogen-bond donors (Lipinski definition) is 3. The molecule has 0 radical (unpaired) electrons. The van der Waals surface area contributed by atoms with E-state index in [4.69, 9.17) is 5.73 Å². The molecule has 24 heavy (non-hydrogen) atoms. The lowest BCUT2D eigenvalue weighted by atomic mass is 10.2. The smallest absolute Gasteiger partial charge is 0.370 e. The normalized spacial score (nSPS) is 12.2. The van der Waals surface area contributed by atoms with E-state index in [2.05, 4.69) is 19.7 Å². The van der Waals surface area contributed by atoms with Crippen molar-refractivity contribution < 1.29 is 21.6 Å². The monoisotopic (exact) mass is 382 g/mol. The van der Waals surface area contributed by atoms with Gasteiger partial charge in [0.25, 0.3) is 10.0 Å². The van der Waals surface area contributed by atoms with Crippen molar-refractivity contribution >= 4 is 32.5 Å². The number of sulfonamides is 1. The fourth-order valence-corrected chi connectivity index (χ4v) is 3.28. The predicted molar refractivity (Wildman–Crippen MR) is 82.1 cm³/mol. The third-order valence-electron chi connectivity index (χ3n) is 2.73. The van der Waals surface area contributed by atoms with Crippen LogP contribution in [0.4, 0.5) is 24.1 Å². The number of alkyl halides is 3. The fraction of sp³-hybridized carbons (Fsp3) is 0.364. The van der Waals surface area contributed by atoms with Gasteiger partial charge in [-0.3, -0.25) is 4.72 Å². The molecule has 2 heterocycles. The van der Waals surface area contributed by atoms with Crippen LogP contribution in [0.15, 0.2) is 23.5 Å². The number of nitrogens with one attached hydrogen (secondary N) is 2. The quantitative estimate of drug-likeness (QED) is 0.620. The lowest BCUT2D eigenvalue weighted by molar-refractivity contribution is -0.137. The van der Waals surface area contributed by atoms with Crippen LogP contribution < -0.4 is 15.8 Å². The van der Waals surface area contributed by atoms with Gasteiger partial charge in [-0.2, -0.15) is 17.5 Å². The Morgan fingerprint density at radius 1 is 1.29 bits per heavy atom. The van der Waals surface area contributed by atoms with Crippen molar-refractivity contribution in [2.24, 2.45) is 5.73 Å². The zero-order valence-electron chi connectivity index (χ0n) is 12.0. The van der Waals surface area contributed by atoms with E-state index in [1.165, 1.54) is 0 Å². The molecular weight excluding hydrogens is 369 g/mol. The van der Waals surface area contributed by atoms with Gasteiger partial charge in [-0.15, -0.1) is 0 Å². The molecule has 132 valence electrons. The molecule has 0 aromatic carbocycles. The Labute approximate surface area is 139 Å². The van der Waals surface area contributed by atoms with Crippen molar-refractivity contribution in [3.8, 4) is 0 Å². The maximum absolute atomic E-state index is 13.2. The molecule has 0 bridgehead atoms. The zero-order valence-corrected chi connectivity index (χ0v) is 13.7. The predicted octanol–water partition coefficient (Wildman–Crippen LogP) is 1.51. The molecule has 4 N–H and O–H groups in total. The number of rotatable bonds is 7. The van der Waals surface area contributed by atoms with Crippen LogP contribution in [0.1, 0.15) is 12.0 Å². The summed E-state index contributed by atoms with van der Waals surface area (Å²) in [6.45, 7) is 0.480. The molecule has 0 aliphatic rings. The molecule has 13 heteroatoms. The third kappa shape index (κ3) is 4.52.